The van der Waals surface area contributed by atoms with Crippen molar-refractivity contribution >= 4 is 94.0 Å². The first-order valence-corrected chi connectivity index (χ1v) is 21.6. The molecular formula is C45H44Cl3N5O7S2. The second kappa shape index (κ2) is 21.6. The zero-order chi connectivity index (χ0) is 43.8. The minimum absolute atomic E-state index is 0. The first-order chi connectivity index (χ1) is 29.2. The van der Waals surface area contributed by atoms with Gasteiger partial charge < -0.3 is 30.6 Å². The van der Waals surface area contributed by atoms with Crippen molar-refractivity contribution in [2.45, 2.75) is 59.2 Å². The molecule has 5 aromatic rings. The lowest BCUT2D eigenvalue weighted by Crippen LogP contribution is -2.33. The number of hydrogen-bond acceptors (Lipinski definition) is 11. The molecule has 0 radical (unpaired) electrons. The average molecular weight is 937 g/mol. The van der Waals surface area contributed by atoms with Gasteiger partial charge in [-0.1, -0.05) is 23.2 Å². The molecule has 0 saturated carbocycles. The van der Waals surface area contributed by atoms with E-state index in [9.17, 15) is 19.2 Å². The van der Waals surface area contributed by atoms with E-state index in [1.807, 2.05) is 56.3 Å². The van der Waals surface area contributed by atoms with Crippen LogP contribution in [-0.2, 0) is 22.4 Å². The van der Waals surface area contributed by atoms with Crippen LogP contribution in [0.4, 0.5) is 0 Å². The number of rotatable bonds is 11. The maximum atomic E-state index is 12.1. The second-order valence-corrected chi connectivity index (χ2v) is 17.2. The molecule has 2 aromatic carbocycles. The van der Waals surface area contributed by atoms with Crippen LogP contribution in [0.3, 0.4) is 0 Å². The van der Waals surface area contributed by atoms with Crippen LogP contribution >= 0.6 is 58.3 Å². The summed E-state index contributed by atoms with van der Waals surface area (Å²) in [6.45, 7) is 7.74. The molecule has 2 unspecified atom stereocenters. The summed E-state index contributed by atoms with van der Waals surface area (Å²) >= 11 is 15.7. The fourth-order valence-corrected chi connectivity index (χ4v) is 8.85. The molecule has 3 aliphatic rings. The lowest BCUT2D eigenvalue weighted by Gasteiger charge is -2.11. The summed E-state index contributed by atoms with van der Waals surface area (Å²) in [7, 11) is 0. The zero-order valence-electron chi connectivity index (χ0n) is 34.1. The minimum atomic E-state index is -0.919. The Balaban J connectivity index is 0.000000195. The number of hydrogen-bond donors (Lipinski definition) is 4. The number of carbonyl (C=O) groups excluding carboxylic acids is 3. The molecule has 0 bridgehead atoms. The van der Waals surface area contributed by atoms with Gasteiger partial charge in [0.2, 0.25) is 5.91 Å². The Hall–Kier alpha value is -5.35. The Morgan fingerprint density at radius 3 is 1.90 bits per heavy atom. The van der Waals surface area contributed by atoms with Gasteiger partial charge in [0.15, 0.2) is 11.6 Å². The highest BCUT2D eigenvalue weighted by Crippen LogP contribution is 2.42. The van der Waals surface area contributed by atoms with Crippen molar-refractivity contribution in [3.05, 3.63) is 127 Å². The maximum absolute atomic E-state index is 12.1. The maximum Gasteiger partial charge on any atom is 0.328 e. The smallest absolute Gasteiger partial charge is 0.328 e. The summed E-state index contributed by atoms with van der Waals surface area (Å²) in [6.07, 6.45) is 11.2. The first kappa shape index (κ1) is 47.7. The van der Waals surface area contributed by atoms with Gasteiger partial charge in [-0.15, -0.1) is 35.1 Å². The molecule has 0 spiro atoms. The number of aliphatic carboxylic acids is 1. The van der Waals surface area contributed by atoms with Crippen LogP contribution in [0, 0.1) is 6.92 Å². The van der Waals surface area contributed by atoms with Gasteiger partial charge in [-0.25, -0.2) is 9.78 Å². The number of carbonyl (C=O) groups is 4. The molecule has 5 N–H and O–H groups in total. The Kier molecular flexibility index (Phi) is 16.6. The summed E-state index contributed by atoms with van der Waals surface area (Å²) in [5.41, 5.74) is 13.2. The lowest BCUT2D eigenvalue weighted by molar-refractivity contribution is -0.131. The summed E-state index contributed by atoms with van der Waals surface area (Å²) in [5, 5.41) is 12.3. The summed E-state index contributed by atoms with van der Waals surface area (Å²) in [5.74, 6) is 0.408. The number of amides is 1. The van der Waals surface area contributed by atoms with E-state index in [1.165, 1.54) is 28.7 Å². The highest BCUT2D eigenvalue weighted by Gasteiger charge is 2.27. The van der Waals surface area contributed by atoms with Gasteiger partial charge in [-0.2, -0.15) is 0 Å². The largest absolute Gasteiger partial charge is 0.487 e. The van der Waals surface area contributed by atoms with Crippen molar-refractivity contribution in [1.82, 2.24) is 15.3 Å². The van der Waals surface area contributed by atoms with Crippen molar-refractivity contribution in [2.24, 2.45) is 10.7 Å². The molecule has 0 saturated heterocycles. The predicted octanol–water partition coefficient (Wildman–Crippen LogP) is 9.77. The molecule has 62 heavy (non-hydrogen) atoms. The number of halogens is 3. The Morgan fingerprint density at radius 2 is 1.44 bits per heavy atom. The van der Waals surface area contributed by atoms with Crippen LogP contribution < -0.4 is 20.5 Å². The second-order valence-electron chi connectivity index (χ2n) is 14.2. The lowest BCUT2D eigenvalue weighted by atomic mass is 10.1. The number of carboxylic acid groups (broad SMARTS) is 1. The number of thiophene rings is 2. The van der Waals surface area contributed by atoms with Gasteiger partial charge in [0.25, 0.3) is 0 Å². The summed E-state index contributed by atoms with van der Waals surface area (Å²) in [4.78, 5) is 59.8. The number of nitrogens with two attached hydrogens (primary N) is 1. The van der Waals surface area contributed by atoms with Gasteiger partial charge in [-0.05, 0) is 105 Å². The fourth-order valence-electron chi connectivity index (χ4n) is 6.51. The van der Waals surface area contributed by atoms with E-state index in [1.54, 1.807) is 38.5 Å². The number of imidazole rings is 1. The number of allylic oxidation sites excluding steroid dienone is 3. The Labute approximate surface area is 383 Å². The fraction of sp³-hybridized carbons (Fsp3) is 0.244. The zero-order valence-corrected chi connectivity index (χ0v) is 38.1. The van der Waals surface area contributed by atoms with E-state index in [0.717, 1.165) is 89.1 Å². The quantitative estimate of drug-likeness (QED) is 0.0739. The van der Waals surface area contributed by atoms with E-state index in [-0.39, 0.29) is 42.1 Å². The molecule has 0 fully saturated rings. The molecule has 3 aromatic heterocycles. The van der Waals surface area contributed by atoms with Gasteiger partial charge in [0.1, 0.15) is 23.7 Å². The van der Waals surface area contributed by atoms with Crippen LogP contribution in [0.1, 0.15) is 69.1 Å². The average Bonchev–Trinajstić information content (AvgIpc) is 4.08. The number of nitrogens with one attached hydrogen (secondary N) is 2. The van der Waals surface area contributed by atoms with E-state index in [0.29, 0.717) is 35.3 Å². The number of nitrogens with zero attached hydrogens (tertiary/aromatic N) is 2. The third-order valence-electron chi connectivity index (χ3n) is 9.70. The third-order valence-corrected chi connectivity index (χ3v) is 12.7. The van der Waals surface area contributed by atoms with Crippen LogP contribution in [0.15, 0.2) is 89.3 Å². The van der Waals surface area contributed by atoms with Crippen molar-refractivity contribution in [2.75, 3.05) is 13.1 Å². The SMILES string of the molecule is CC(=O)c1ccc(-c2cc(Cl)c3c(c2)CC(CN)O3)s1.CC(=O)c1ccc(-c2cc(Cl)c3c(c2)CC(CNC(=O)/C=C/c2nc[nH]c2C)O3)s1.CC1=C(/C=C/C(=O)O)CC=N1.Cl. The van der Waals surface area contributed by atoms with E-state index in [2.05, 4.69) is 26.3 Å². The highest BCUT2D eigenvalue weighted by molar-refractivity contribution is 7.17. The van der Waals surface area contributed by atoms with Crippen molar-refractivity contribution < 1.29 is 33.8 Å². The van der Waals surface area contributed by atoms with Crippen LogP contribution in [-0.4, -0.2) is 70.0 Å². The van der Waals surface area contributed by atoms with E-state index in [4.69, 9.17) is 43.5 Å². The molecule has 3 aliphatic heterocycles. The van der Waals surface area contributed by atoms with Gasteiger partial charge in [0, 0.05) is 76.4 Å². The number of aromatic nitrogens is 2. The predicted molar refractivity (Wildman–Crippen MR) is 250 cm³/mol. The van der Waals surface area contributed by atoms with Crippen LogP contribution in [0.25, 0.3) is 27.0 Å². The third kappa shape index (κ3) is 12.2. The number of ketones is 2. The number of benzene rings is 2. The standard InChI is InChI=1S/C22H20ClN3O3S.C15H14ClNO2S.C8H9NO2.ClH/c1-12-18(26-11-25-12)3-6-21(28)24-10-16-8-15-7-14(9-17(23)22(15)29-16)20-5-4-19(30-20)13(2)27;1-8(18)13-2-3-14(20-13)9-4-10-5-11(7-17)19-15(10)12(16)6-9;1-6-7(4-5-9-6)2-3-8(10)11;/h3-7,9,11,16H,8,10H2,1-2H3,(H,24,28)(H,25,26);2-4,6,11H,5,7,17H2,1H3;2-3,5H,4H2,1H3,(H,10,11);1H/b6-3+;;3-2+;. The number of carboxylic acids is 1. The molecule has 12 nitrogen and oxygen atoms in total. The van der Waals surface area contributed by atoms with Gasteiger partial charge in [-0.3, -0.25) is 19.4 Å². The molecule has 0 aliphatic carbocycles. The molecule has 17 heteroatoms. The number of H-pyrrole nitrogens is 1. The van der Waals surface area contributed by atoms with Crippen molar-refractivity contribution in [3.63, 3.8) is 0 Å². The molecule has 1 amide bonds. The normalized spacial score (nSPS) is 15.8. The summed E-state index contributed by atoms with van der Waals surface area (Å²) < 4.78 is 11.7. The number of ether oxygens (including phenoxy) is 2. The number of aliphatic imine (C=N–C) groups is 1. The molecule has 6 heterocycles. The summed E-state index contributed by atoms with van der Waals surface area (Å²) in [6, 6.07) is 15.4. The molecule has 8 rings (SSSR count). The van der Waals surface area contributed by atoms with E-state index < -0.39 is 5.97 Å². The number of fused-ring (bicyclic) bond motifs is 2. The Morgan fingerprint density at radius 1 is 0.871 bits per heavy atom. The van der Waals surface area contributed by atoms with Crippen molar-refractivity contribution in [3.8, 4) is 32.4 Å². The first-order valence-electron chi connectivity index (χ1n) is 19.2. The topological polar surface area (TPSA) is 186 Å². The molecule has 324 valence electrons. The highest BCUT2D eigenvalue weighted by atomic mass is 35.5. The van der Waals surface area contributed by atoms with Crippen molar-refractivity contribution in [1.29, 1.82) is 0 Å². The molecular weight excluding hydrogens is 893 g/mol. The minimum Gasteiger partial charge on any atom is -0.487 e. The number of aryl methyl sites for hydroxylation is 1. The van der Waals surface area contributed by atoms with Crippen LogP contribution in [0.2, 0.25) is 10.0 Å². The van der Waals surface area contributed by atoms with Crippen LogP contribution in [0.5, 0.6) is 11.5 Å². The molecule has 2 atom stereocenters. The monoisotopic (exact) mass is 935 g/mol. The Bertz CT molecular complexity index is 2610. The number of Topliss-reactive ketones (excluding diaryl/α,β-unsaturated/α-hetero) is 2. The van der Waals surface area contributed by atoms with E-state index >= 15 is 0 Å². The van der Waals surface area contributed by atoms with Gasteiger partial charge >= 0.3 is 5.97 Å². The van der Waals surface area contributed by atoms with Gasteiger partial charge in [0.05, 0.1) is 38.4 Å². The number of aromatic amines is 1.